The van der Waals surface area contributed by atoms with Gasteiger partial charge in [-0.2, -0.15) is 0 Å². The molecule has 2 aliphatic heterocycles. The number of anilines is 1. The van der Waals surface area contributed by atoms with Crippen LogP contribution in [-0.2, 0) is 4.74 Å². The summed E-state index contributed by atoms with van der Waals surface area (Å²) in [6, 6.07) is 0.630. The predicted octanol–water partition coefficient (Wildman–Crippen LogP) is 2.71. The maximum Gasteiger partial charge on any atom is 0.272 e. The Labute approximate surface area is 154 Å². The number of nitrogens with zero attached hydrogens (tertiary/aromatic N) is 4. The molecule has 25 heavy (non-hydrogen) atoms. The number of ether oxygens (including phenoxy) is 1. The first kappa shape index (κ1) is 18.5. The molecule has 138 valence electrons. The van der Waals surface area contributed by atoms with Crippen LogP contribution in [0.5, 0.6) is 0 Å². The molecule has 1 aromatic rings. The van der Waals surface area contributed by atoms with Crippen molar-refractivity contribution in [1.29, 1.82) is 0 Å². The van der Waals surface area contributed by atoms with Gasteiger partial charge in [0.1, 0.15) is 11.5 Å². The SMILES string of the molecule is CC(C)N1CCC(OC2CCN(c3cnc(C(=O)Cl)cn3)CC2)CC1. The van der Waals surface area contributed by atoms with Gasteiger partial charge in [-0.05, 0) is 51.1 Å². The van der Waals surface area contributed by atoms with Crippen LogP contribution in [0.4, 0.5) is 5.82 Å². The molecule has 0 N–H and O–H groups in total. The van der Waals surface area contributed by atoms with Crippen LogP contribution in [0, 0.1) is 0 Å². The third kappa shape index (κ3) is 4.90. The zero-order valence-corrected chi connectivity index (χ0v) is 15.8. The van der Waals surface area contributed by atoms with E-state index in [0.717, 1.165) is 57.7 Å². The molecule has 1 aromatic heterocycles. The summed E-state index contributed by atoms with van der Waals surface area (Å²) < 4.78 is 6.34. The monoisotopic (exact) mass is 366 g/mol. The summed E-state index contributed by atoms with van der Waals surface area (Å²) in [6.45, 7) is 8.60. The molecule has 0 aromatic carbocycles. The van der Waals surface area contributed by atoms with Gasteiger partial charge >= 0.3 is 0 Å². The number of likely N-dealkylation sites (tertiary alicyclic amines) is 1. The summed E-state index contributed by atoms with van der Waals surface area (Å²) in [5, 5.41) is -0.574. The average molecular weight is 367 g/mol. The summed E-state index contributed by atoms with van der Waals surface area (Å²) >= 11 is 5.40. The maximum absolute atomic E-state index is 11.1. The first-order valence-electron chi connectivity index (χ1n) is 9.19. The van der Waals surface area contributed by atoms with E-state index >= 15 is 0 Å². The Morgan fingerprint density at radius 1 is 1.08 bits per heavy atom. The largest absolute Gasteiger partial charge is 0.375 e. The number of aromatic nitrogens is 2. The van der Waals surface area contributed by atoms with E-state index in [1.807, 2.05) is 0 Å². The van der Waals surface area contributed by atoms with Crippen molar-refractivity contribution in [3.05, 3.63) is 18.1 Å². The molecular formula is C18H27ClN4O2. The molecule has 0 radical (unpaired) electrons. The lowest BCUT2D eigenvalue weighted by molar-refractivity contribution is -0.0540. The standard InChI is InChI=1S/C18H27ClN4O2/c1-13(2)22-7-3-14(4-8-22)25-15-5-9-23(10-6-15)17-12-20-16(11-21-17)18(19)24/h11-15H,3-10H2,1-2H3. The molecule has 0 saturated carbocycles. The van der Waals surface area contributed by atoms with Gasteiger partial charge in [0, 0.05) is 32.2 Å². The van der Waals surface area contributed by atoms with E-state index in [1.165, 1.54) is 6.20 Å². The number of hydrogen-bond acceptors (Lipinski definition) is 6. The first-order chi connectivity index (χ1) is 12.0. The predicted molar refractivity (Wildman–Crippen MR) is 98.3 cm³/mol. The van der Waals surface area contributed by atoms with Gasteiger partial charge in [0.15, 0.2) is 0 Å². The molecule has 6 nitrogen and oxygen atoms in total. The fraction of sp³-hybridized carbons (Fsp3) is 0.722. The molecule has 2 fully saturated rings. The van der Waals surface area contributed by atoms with Crippen LogP contribution in [0.1, 0.15) is 50.0 Å². The fourth-order valence-electron chi connectivity index (χ4n) is 3.61. The van der Waals surface area contributed by atoms with Gasteiger partial charge in [-0.1, -0.05) is 0 Å². The highest BCUT2D eigenvalue weighted by Crippen LogP contribution is 2.23. The maximum atomic E-state index is 11.1. The van der Waals surface area contributed by atoms with Crippen LogP contribution < -0.4 is 4.90 Å². The average Bonchev–Trinajstić information content (AvgIpc) is 2.63. The normalized spacial score (nSPS) is 21.0. The van der Waals surface area contributed by atoms with Gasteiger partial charge < -0.3 is 14.5 Å². The van der Waals surface area contributed by atoms with Crippen LogP contribution in [0.3, 0.4) is 0 Å². The van der Waals surface area contributed by atoms with Crippen molar-refractivity contribution in [3.63, 3.8) is 0 Å². The minimum atomic E-state index is -0.574. The first-order valence-corrected chi connectivity index (χ1v) is 9.57. The van der Waals surface area contributed by atoms with Crippen LogP contribution in [-0.4, -0.2) is 64.5 Å². The Bertz CT molecular complexity index is 565. The summed E-state index contributed by atoms with van der Waals surface area (Å²) in [5.41, 5.74) is 0.191. The zero-order chi connectivity index (χ0) is 17.8. The van der Waals surface area contributed by atoms with E-state index in [-0.39, 0.29) is 5.69 Å². The van der Waals surface area contributed by atoms with Gasteiger partial charge in [-0.3, -0.25) is 4.79 Å². The van der Waals surface area contributed by atoms with Crippen molar-refractivity contribution in [2.75, 3.05) is 31.1 Å². The Morgan fingerprint density at radius 2 is 1.68 bits per heavy atom. The number of carbonyl (C=O) groups excluding carboxylic acids is 1. The van der Waals surface area contributed by atoms with Crippen molar-refractivity contribution < 1.29 is 9.53 Å². The Balaban J connectivity index is 1.44. The van der Waals surface area contributed by atoms with Crippen molar-refractivity contribution >= 4 is 22.7 Å². The summed E-state index contributed by atoms with van der Waals surface area (Å²) in [6.07, 6.45) is 8.08. The van der Waals surface area contributed by atoms with Crippen LogP contribution in [0.2, 0.25) is 0 Å². The van der Waals surface area contributed by atoms with Crippen LogP contribution >= 0.6 is 11.6 Å². The second-order valence-electron chi connectivity index (χ2n) is 7.19. The smallest absolute Gasteiger partial charge is 0.272 e. The van der Waals surface area contributed by atoms with E-state index in [1.54, 1.807) is 6.20 Å². The van der Waals surface area contributed by atoms with E-state index in [4.69, 9.17) is 16.3 Å². The van der Waals surface area contributed by atoms with Crippen molar-refractivity contribution in [2.24, 2.45) is 0 Å². The highest BCUT2D eigenvalue weighted by molar-refractivity contribution is 6.67. The van der Waals surface area contributed by atoms with Crippen LogP contribution in [0.15, 0.2) is 12.4 Å². The number of rotatable bonds is 5. The van der Waals surface area contributed by atoms with Gasteiger partial charge in [0.05, 0.1) is 24.6 Å². The molecule has 0 spiro atoms. The summed E-state index contributed by atoms with van der Waals surface area (Å²) in [4.78, 5) is 24.1. The van der Waals surface area contributed by atoms with Crippen molar-refractivity contribution in [2.45, 2.75) is 57.8 Å². The topological polar surface area (TPSA) is 58.6 Å². The quantitative estimate of drug-likeness (QED) is 0.747. The molecule has 0 amide bonds. The van der Waals surface area contributed by atoms with E-state index in [0.29, 0.717) is 18.2 Å². The molecule has 3 heterocycles. The molecule has 2 aliphatic rings. The second kappa shape index (κ2) is 8.43. The molecule has 0 bridgehead atoms. The fourth-order valence-corrected chi connectivity index (χ4v) is 3.71. The Hall–Kier alpha value is -1.24. The molecule has 7 heteroatoms. The van der Waals surface area contributed by atoms with Crippen molar-refractivity contribution in [3.8, 4) is 0 Å². The van der Waals surface area contributed by atoms with Crippen molar-refractivity contribution in [1.82, 2.24) is 14.9 Å². The van der Waals surface area contributed by atoms with E-state index in [9.17, 15) is 4.79 Å². The van der Waals surface area contributed by atoms with Crippen LogP contribution in [0.25, 0.3) is 0 Å². The second-order valence-corrected chi connectivity index (χ2v) is 7.53. The van der Waals surface area contributed by atoms with Gasteiger partial charge in [-0.15, -0.1) is 0 Å². The molecule has 0 aliphatic carbocycles. The minimum absolute atomic E-state index is 0.191. The van der Waals surface area contributed by atoms with Gasteiger partial charge in [0.2, 0.25) is 0 Å². The van der Waals surface area contributed by atoms with E-state index in [2.05, 4.69) is 33.6 Å². The summed E-state index contributed by atoms with van der Waals surface area (Å²) in [7, 11) is 0. The highest BCUT2D eigenvalue weighted by atomic mass is 35.5. The number of carbonyl (C=O) groups is 1. The Morgan fingerprint density at radius 3 is 2.16 bits per heavy atom. The van der Waals surface area contributed by atoms with Gasteiger partial charge in [-0.25, -0.2) is 9.97 Å². The summed E-state index contributed by atoms with van der Waals surface area (Å²) in [5.74, 6) is 0.797. The molecule has 0 atom stereocenters. The lowest BCUT2D eigenvalue weighted by Gasteiger charge is -2.38. The minimum Gasteiger partial charge on any atom is -0.375 e. The lowest BCUT2D eigenvalue weighted by atomic mass is 10.0. The van der Waals surface area contributed by atoms with Gasteiger partial charge in [0.25, 0.3) is 5.24 Å². The lowest BCUT2D eigenvalue weighted by Crippen LogP contribution is -2.44. The molecule has 2 saturated heterocycles. The third-order valence-electron chi connectivity index (χ3n) is 5.20. The zero-order valence-electron chi connectivity index (χ0n) is 15.0. The number of piperidine rings is 2. The Kier molecular flexibility index (Phi) is 6.25. The molecular weight excluding hydrogens is 340 g/mol. The third-order valence-corrected chi connectivity index (χ3v) is 5.39. The number of halogens is 1. The molecule has 3 rings (SSSR count). The van der Waals surface area contributed by atoms with E-state index < -0.39 is 5.24 Å². The highest BCUT2D eigenvalue weighted by Gasteiger charge is 2.27. The molecule has 0 unspecified atom stereocenters. The number of hydrogen-bond donors (Lipinski definition) is 0.